The Bertz CT molecular complexity index is 660. The van der Waals surface area contributed by atoms with Crippen LogP contribution >= 0.6 is 0 Å². The minimum absolute atomic E-state index is 0.00806. The number of hydrogen-bond donors (Lipinski definition) is 2. The molecule has 1 saturated heterocycles. The van der Waals surface area contributed by atoms with Gasteiger partial charge in [-0.1, -0.05) is 13.8 Å². The van der Waals surface area contributed by atoms with Crippen molar-refractivity contribution in [3.63, 3.8) is 0 Å². The van der Waals surface area contributed by atoms with Gasteiger partial charge in [0.2, 0.25) is 5.91 Å². The van der Waals surface area contributed by atoms with Gasteiger partial charge in [-0.3, -0.25) is 4.79 Å². The summed E-state index contributed by atoms with van der Waals surface area (Å²) < 4.78 is 1.60. The van der Waals surface area contributed by atoms with Gasteiger partial charge >= 0.3 is 0 Å². The molecule has 0 bridgehead atoms. The fraction of sp³-hybridized carbons (Fsp3) is 0.500. The number of nitrogens with one attached hydrogen (secondary N) is 2. The normalized spacial score (nSPS) is 18.1. The summed E-state index contributed by atoms with van der Waals surface area (Å²) in [7, 11) is 0. The maximum atomic E-state index is 12.5. The number of anilines is 1. The first-order valence-electron chi connectivity index (χ1n) is 8.04. The summed E-state index contributed by atoms with van der Waals surface area (Å²) in [6.07, 6.45) is 5.26. The van der Waals surface area contributed by atoms with Gasteiger partial charge in [-0.2, -0.15) is 9.78 Å². The summed E-state index contributed by atoms with van der Waals surface area (Å²) in [5.74, 6) is 1.34. The Labute approximate surface area is 135 Å². The van der Waals surface area contributed by atoms with Crippen LogP contribution in [-0.4, -0.2) is 38.7 Å². The van der Waals surface area contributed by atoms with E-state index in [4.69, 9.17) is 0 Å². The summed E-state index contributed by atoms with van der Waals surface area (Å²) in [6.45, 7) is 5.83. The number of carbonyl (C=O) groups excluding carboxylic acids is 1. The number of carbonyl (C=O) groups is 1. The van der Waals surface area contributed by atoms with Crippen LogP contribution in [0.15, 0.2) is 24.5 Å². The van der Waals surface area contributed by atoms with Gasteiger partial charge in [-0.05, 0) is 31.4 Å². The summed E-state index contributed by atoms with van der Waals surface area (Å²) in [5.41, 5.74) is 0.898. The van der Waals surface area contributed by atoms with Crippen molar-refractivity contribution in [2.24, 2.45) is 5.92 Å². The molecule has 1 atom stereocenters. The Hall–Kier alpha value is -2.28. The van der Waals surface area contributed by atoms with E-state index in [1.165, 1.54) is 0 Å². The number of hydrogen-bond acceptors (Lipinski definition) is 5. The zero-order valence-corrected chi connectivity index (χ0v) is 13.5. The predicted molar refractivity (Wildman–Crippen MR) is 87.5 cm³/mol. The maximum Gasteiger partial charge on any atom is 0.252 e. The second-order valence-corrected chi connectivity index (χ2v) is 6.10. The molecule has 1 unspecified atom stereocenters. The Balaban J connectivity index is 1.86. The van der Waals surface area contributed by atoms with Crippen LogP contribution in [0.4, 0.5) is 5.82 Å². The molecule has 0 spiro atoms. The first-order valence-corrected chi connectivity index (χ1v) is 8.04. The van der Waals surface area contributed by atoms with Crippen molar-refractivity contribution in [3.8, 4) is 5.95 Å². The molecule has 2 aromatic rings. The van der Waals surface area contributed by atoms with E-state index in [9.17, 15) is 4.79 Å². The Kier molecular flexibility index (Phi) is 4.66. The molecule has 0 aromatic carbocycles. The van der Waals surface area contributed by atoms with Crippen LogP contribution < -0.4 is 10.6 Å². The molecule has 1 amide bonds. The highest BCUT2D eigenvalue weighted by Crippen LogP contribution is 2.21. The van der Waals surface area contributed by atoms with E-state index >= 15 is 0 Å². The van der Waals surface area contributed by atoms with Gasteiger partial charge < -0.3 is 10.6 Å². The summed E-state index contributed by atoms with van der Waals surface area (Å²) in [6, 6.07) is 3.65. The molecule has 0 aliphatic carbocycles. The van der Waals surface area contributed by atoms with Gasteiger partial charge in [0.1, 0.15) is 5.82 Å². The number of piperidine rings is 1. The molecule has 0 saturated carbocycles. The predicted octanol–water partition coefficient (Wildman–Crippen LogP) is 1.72. The van der Waals surface area contributed by atoms with Gasteiger partial charge in [0, 0.05) is 25.0 Å². The Morgan fingerprint density at radius 3 is 2.83 bits per heavy atom. The molecule has 3 rings (SSSR count). The van der Waals surface area contributed by atoms with Crippen LogP contribution in [0.25, 0.3) is 5.95 Å². The lowest BCUT2D eigenvalue weighted by Gasteiger charge is -2.21. The minimum Gasteiger partial charge on any atom is -0.316 e. The van der Waals surface area contributed by atoms with Crippen LogP contribution in [0.1, 0.15) is 38.3 Å². The van der Waals surface area contributed by atoms with Crippen molar-refractivity contribution in [1.82, 2.24) is 25.1 Å². The van der Waals surface area contributed by atoms with E-state index < -0.39 is 0 Å². The molecule has 122 valence electrons. The van der Waals surface area contributed by atoms with Crippen molar-refractivity contribution < 1.29 is 4.79 Å². The minimum atomic E-state index is -0.00806. The van der Waals surface area contributed by atoms with E-state index in [1.807, 2.05) is 6.07 Å². The van der Waals surface area contributed by atoms with Gasteiger partial charge in [0.15, 0.2) is 0 Å². The highest BCUT2D eigenvalue weighted by atomic mass is 16.2. The molecule has 7 heteroatoms. The second kappa shape index (κ2) is 6.87. The largest absolute Gasteiger partial charge is 0.316 e. The standard InChI is InChI=1S/C16H22N6O/c1-11(2)13-9-14(20-15(23)12-5-3-6-17-10-12)22(21-13)16-18-7-4-8-19-16/h4,7-9,11-12,17H,3,5-6,10H2,1-2H3,(H,20,23). The molecule has 1 aliphatic heterocycles. The average molecular weight is 314 g/mol. The third-order valence-electron chi connectivity index (χ3n) is 3.98. The summed E-state index contributed by atoms with van der Waals surface area (Å²) >= 11 is 0. The van der Waals surface area contributed by atoms with Gasteiger partial charge in [-0.25, -0.2) is 9.97 Å². The third kappa shape index (κ3) is 3.56. The lowest BCUT2D eigenvalue weighted by molar-refractivity contribution is -0.120. The van der Waals surface area contributed by atoms with Gasteiger partial charge in [-0.15, -0.1) is 0 Å². The van der Waals surface area contributed by atoms with Crippen molar-refractivity contribution in [2.75, 3.05) is 18.4 Å². The first kappa shape index (κ1) is 15.6. The Morgan fingerprint density at radius 1 is 1.39 bits per heavy atom. The number of aromatic nitrogens is 4. The SMILES string of the molecule is CC(C)c1cc(NC(=O)C2CCCNC2)n(-c2ncccn2)n1. The van der Waals surface area contributed by atoms with Crippen molar-refractivity contribution in [2.45, 2.75) is 32.6 Å². The van der Waals surface area contributed by atoms with Crippen LogP contribution in [0.2, 0.25) is 0 Å². The molecule has 3 heterocycles. The number of amides is 1. The third-order valence-corrected chi connectivity index (χ3v) is 3.98. The zero-order chi connectivity index (χ0) is 16.2. The molecule has 1 fully saturated rings. The first-order chi connectivity index (χ1) is 11.1. The number of nitrogens with zero attached hydrogens (tertiary/aromatic N) is 4. The van der Waals surface area contributed by atoms with Crippen LogP contribution in [0.5, 0.6) is 0 Å². The molecular formula is C16H22N6O. The average Bonchev–Trinajstić information content (AvgIpc) is 3.00. The lowest BCUT2D eigenvalue weighted by atomic mass is 9.99. The summed E-state index contributed by atoms with van der Waals surface area (Å²) in [5, 5.41) is 10.8. The molecular weight excluding hydrogens is 292 g/mol. The smallest absolute Gasteiger partial charge is 0.252 e. The quantitative estimate of drug-likeness (QED) is 0.897. The lowest BCUT2D eigenvalue weighted by Crippen LogP contribution is -2.37. The molecule has 2 N–H and O–H groups in total. The van der Waals surface area contributed by atoms with E-state index in [-0.39, 0.29) is 17.7 Å². The molecule has 1 aliphatic rings. The summed E-state index contributed by atoms with van der Waals surface area (Å²) in [4.78, 5) is 21.0. The molecule has 2 aromatic heterocycles. The van der Waals surface area contributed by atoms with Crippen LogP contribution in [0, 0.1) is 5.92 Å². The van der Waals surface area contributed by atoms with Gasteiger partial charge in [0.25, 0.3) is 5.95 Å². The second-order valence-electron chi connectivity index (χ2n) is 6.10. The fourth-order valence-electron chi connectivity index (χ4n) is 2.63. The monoisotopic (exact) mass is 314 g/mol. The molecule has 0 radical (unpaired) electrons. The van der Waals surface area contributed by atoms with E-state index in [1.54, 1.807) is 23.1 Å². The zero-order valence-electron chi connectivity index (χ0n) is 13.5. The van der Waals surface area contributed by atoms with Crippen molar-refractivity contribution in [1.29, 1.82) is 0 Å². The fourth-order valence-corrected chi connectivity index (χ4v) is 2.63. The maximum absolute atomic E-state index is 12.5. The highest BCUT2D eigenvalue weighted by molar-refractivity contribution is 5.92. The van der Waals surface area contributed by atoms with Crippen LogP contribution in [0.3, 0.4) is 0 Å². The van der Waals surface area contributed by atoms with Crippen molar-refractivity contribution >= 4 is 11.7 Å². The molecule has 7 nitrogen and oxygen atoms in total. The molecule has 23 heavy (non-hydrogen) atoms. The van der Waals surface area contributed by atoms with Gasteiger partial charge in [0.05, 0.1) is 11.6 Å². The van der Waals surface area contributed by atoms with E-state index in [0.29, 0.717) is 11.8 Å². The van der Waals surface area contributed by atoms with Crippen molar-refractivity contribution in [3.05, 3.63) is 30.2 Å². The van der Waals surface area contributed by atoms with Crippen LogP contribution in [-0.2, 0) is 4.79 Å². The van der Waals surface area contributed by atoms with E-state index in [0.717, 1.165) is 31.6 Å². The Morgan fingerprint density at radius 2 is 2.17 bits per heavy atom. The topological polar surface area (TPSA) is 84.7 Å². The van der Waals surface area contributed by atoms with E-state index in [2.05, 4.69) is 39.5 Å². The highest BCUT2D eigenvalue weighted by Gasteiger charge is 2.23. The number of rotatable bonds is 4.